The molecular weight excluding hydrogens is 597 g/mol. The van der Waals surface area contributed by atoms with Crippen molar-refractivity contribution in [1.29, 1.82) is 0 Å². The fraction of sp³-hybridized carbons (Fsp3) is 0.290. The Balaban J connectivity index is 1.43. The molecule has 0 aromatic heterocycles. The molecule has 3 aromatic rings. The van der Waals surface area contributed by atoms with Gasteiger partial charge in [0, 0.05) is 30.7 Å². The van der Waals surface area contributed by atoms with Crippen LogP contribution in [-0.2, 0) is 19.2 Å². The summed E-state index contributed by atoms with van der Waals surface area (Å²) in [6.45, 7) is 0. The van der Waals surface area contributed by atoms with Crippen LogP contribution in [0.5, 0.6) is 5.75 Å². The minimum Gasteiger partial charge on any atom is -0.508 e. The highest BCUT2D eigenvalue weighted by molar-refractivity contribution is 6.53. The lowest BCUT2D eigenvalue weighted by atomic mass is 9.56. The quantitative estimate of drug-likeness (QED) is 0.148. The van der Waals surface area contributed by atoms with Crippen LogP contribution >= 0.6 is 23.2 Å². The fourth-order valence-corrected chi connectivity index (χ4v) is 8.65. The second-order valence-electron chi connectivity index (χ2n) is 11.5. The van der Waals surface area contributed by atoms with Gasteiger partial charge in [0.1, 0.15) is 5.75 Å². The van der Waals surface area contributed by atoms with Gasteiger partial charge >= 0.3 is 0 Å². The van der Waals surface area contributed by atoms with Crippen LogP contribution in [0, 0.1) is 27.9 Å². The number of non-ortho nitro benzene ring substituents is 1. The highest BCUT2D eigenvalue weighted by Crippen LogP contribution is 2.66. The number of amides is 4. The van der Waals surface area contributed by atoms with Crippen molar-refractivity contribution in [3.63, 3.8) is 0 Å². The van der Waals surface area contributed by atoms with Crippen LogP contribution < -0.4 is 4.90 Å². The Morgan fingerprint density at radius 2 is 1.70 bits per heavy atom. The normalized spacial score (nSPS) is 31.7. The number of imide groups is 2. The SMILES string of the molecule is CN1C(=O)[C@]2(Cl)C[C@@H]3C(=CC[C@@H]4C(=O)N(c5cccc([N+](=O)[O-])c5)C(=O)[C@@H]43)[C@H](c3c(O)ccc4ccccc34)[C@]2(Cl)C1=O. The molecule has 2 aliphatic carbocycles. The van der Waals surface area contributed by atoms with Crippen LogP contribution in [0.2, 0.25) is 0 Å². The second kappa shape index (κ2) is 9.11. The Bertz CT molecular complexity index is 1860. The topological polar surface area (TPSA) is 138 Å². The number of nitrogens with zero attached hydrogens (tertiary/aromatic N) is 3. The molecule has 4 amide bonds. The average Bonchev–Trinajstić information content (AvgIpc) is 3.32. The lowest BCUT2D eigenvalue weighted by Gasteiger charge is -2.51. The number of carbonyl (C=O) groups is 4. The number of rotatable bonds is 3. The lowest BCUT2D eigenvalue weighted by molar-refractivity contribution is -0.384. The third kappa shape index (κ3) is 3.41. The second-order valence-corrected chi connectivity index (χ2v) is 12.7. The maximum Gasteiger partial charge on any atom is 0.271 e. The van der Waals surface area contributed by atoms with Crippen LogP contribution in [-0.4, -0.2) is 55.4 Å². The molecule has 3 aromatic carbocycles. The number of alkyl halides is 2. The summed E-state index contributed by atoms with van der Waals surface area (Å²) >= 11 is 14.5. The highest BCUT2D eigenvalue weighted by atomic mass is 35.5. The van der Waals surface area contributed by atoms with Crippen molar-refractivity contribution in [3.05, 3.63) is 88.0 Å². The Morgan fingerprint density at radius 3 is 2.44 bits per heavy atom. The molecule has 7 rings (SSSR count). The van der Waals surface area contributed by atoms with Gasteiger partial charge in [-0.05, 0) is 41.7 Å². The molecule has 12 heteroatoms. The van der Waals surface area contributed by atoms with Gasteiger partial charge in [-0.2, -0.15) is 0 Å². The smallest absolute Gasteiger partial charge is 0.271 e. The molecule has 6 atom stereocenters. The van der Waals surface area contributed by atoms with Gasteiger partial charge in [-0.15, -0.1) is 23.2 Å². The summed E-state index contributed by atoms with van der Waals surface area (Å²) in [5.41, 5.74) is 0.632. The summed E-state index contributed by atoms with van der Waals surface area (Å²) in [6.07, 6.45) is 1.69. The van der Waals surface area contributed by atoms with E-state index in [0.717, 1.165) is 15.2 Å². The summed E-state index contributed by atoms with van der Waals surface area (Å²) in [6, 6.07) is 15.7. The van der Waals surface area contributed by atoms with Gasteiger partial charge in [0.2, 0.25) is 11.8 Å². The molecule has 0 unspecified atom stereocenters. The van der Waals surface area contributed by atoms with Gasteiger partial charge in [0.15, 0.2) is 9.75 Å². The monoisotopic (exact) mass is 619 g/mol. The Kier molecular flexibility index (Phi) is 5.84. The molecule has 1 N–H and O–H groups in total. The van der Waals surface area contributed by atoms with E-state index >= 15 is 0 Å². The van der Waals surface area contributed by atoms with E-state index in [1.807, 2.05) is 12.1 Å². The first-order chi connectivity index (χ1) is 20.4. The number of aromatic hydroxyl groups is 1. The largest absolute Gasteiger partial charge is 0.508 e. The summed E-state index contributed by atoms with van der Waals surface area (Å²) in [7, 11) is 1.30. The summed E-state index contributed by atoms with van der Waals surface area (Å²) in [5.74, 6) is -6.43. The molecule has 4 aliphatic rings. The van der Waals surface area contributed by atoms with Gasteiger partial charge in [-0.3, -0.25) is 34.2 Å². The van der Waals surface area contributed by atoms with Crippen LogP contribution in [0.3, 0.4) is 0 Å². The van der Waals surface area contributed by atoms with Crippen LogP contribution in [0.4, 0.5) is 11.4 Å². The minimum atomic E-state index is -2.04. The zero-order valence-electron chi connectivity index (χ0n) is 22.6. The number of benzene rings is 3. The molecule has 218 valence electrons. The number of phenols is 1. The van der Waals surface area contributed by atoms with Gasteiger partial charge in [-0.1, -0.05) is 48.0 Å². The van der Waals surface area contributed by atoms with Crippen molar-refractivity contribution in [2.24, 2.45) is 17.8 Å². The standard InChI is InChI=1S/C31H23Cl2N3O7/c1-34-28(40)30(32)14-21-19(25(31(30,33)29(34)41)24-18-8-3-2-5-15(18)9-12-22(24)37)10-11-20-23(21)27(39)35(26(20)38)16-6-4-7-17(13-16)36(42)43/h2-10,12-13,20-21,23,25,37H,11,14H2,1H3/t20-,21+,23-,25+,30+,31-/m0/s1. The molecule has 2 heterocycles. The third-order valence-electron chi connectivity index (χ3n) is 9.55. The molecule has 1 saturated carbocycles. The average molecular weight is 620 g/mol. The van der Waals surface area contributed by atoms with E-state index in [4.69, 9.17) is 23.2 Å². The number of nitro groups is 1. The summed E-state index contributed by atoms with van der Waals surface area (Å²) < 4.78 is 0. The van der Waals surface area contributed by atoms with E-state index in [1.54, 1.807) is 24.3 Å². The first-order valence-electron chi connectivity index (χ1n) is 13.6. The number of hydrogen-bond donors (Lipinski definition) is 1. The zero-order valence-corrected chi connectivity index (χ0v) is 24.1. The number of allylic oxidation sites excluding steroid dienone is 2. The number of phenolic OH excluding ortho intramolecular Hbond substituents is 1. The number of carbonyl (C=O) groups excluding carboxylic acids is 4. The number of hydrogen-bond acceptors (Lipinski definition) is 7. The number of nitro benzene ring substituents is 1. The lowest BCUT2D eigenvalue weighted by Crippen LogP contribution is -2.60. The fourth-order valence-electron chi connectivity index (χ4n) is 7.65. The molecule has 2 aliphatic heterocycles. The van der Waals surface area contributed by atoms with E-state index < -0.39 is 62.0 Å². The molecule has 0 bridgehead atoms. The molecular formula is C31H23Cl2N3O7. The van der Waals surface area contributed by atoms with E-state index in [-0.39, 0.29) is 30.0 Å². The van der Waals surface area contributed by atoms with Gasteiger partial charge < -0.3 is 5.11 Å². The van der Waals surface area contributed by atoms with Crippen LogP contribution in [0.25, 0.3) is 10.8 Å². The number of likely N-dealkylation sites (tertiary alicyclic amines) is 1. The maximum atomic E-state index is 14.1. The van der Waals surface area contributed by atoms with Gasteiger partial charge in [0.25, 0.3) is 17.5 Å². The first-order valence-corrected chi connectivity index (χ1v) is 14.4. The Labute approximate surface area is 254 Å². The highest BCUT2D eigenvalue weighted by Gasteiger charge is 2.76. The van der Waals surface area contributed by atoms with Crippen LogP contribution in [0.15, 0.2) is 72.3 Å². The molecule has 43 heavy (non-hydrogen) atoms. The van der Waals surface area contributed by atoms with Crippen molar-refractivity contribution in [2.75, 3.05) is 11.9 Å². The van der Waals surface area contributed by atoms with E-state index in [9.17, 15) is 34.4 Å². The van der Waals surface area contributed by atoms with E-state index in [0.29, 0.717) is 16.5 Å². The predicted octanol–water partition coefficient (Wildman–Crippen LogP) is 4.65. The van der Waals surface area contributed by atoms with Gasteiger partial charge in [-0.25, -0.2) is 4.90 Å². The summed E-state index contributed by atoms with van der Waals surface area (Å²) in [4.78, 5) is 64.0. The predicted molar refractivity (Wildman–Crippen MR) is 157 cm³/mol. The Hall–Kier alpha value is -4.28. The maximum absolute atomic E-state index is 14.1. The number of anilines is 1. The molecule has 0 radical (unpaired) electrons. The van der Waals surface area contributed by atoms with E-state index in [1.165, 1.54) is 37.4 Å². The van der Waals surface area contributed by atoms with Crippen molar-refractivity contribution < 1.29 is 29.2 Å². The first kappa shape index (κ1) is 27.5. The minimum absolute atomic E-state index is 0.0679. The molecule has 2 saturated heterocycles. The van der Waals surface area contributed by atoms with Crippen molar-refractivity contribution in [3.8, 4) is 5.75 Å². The number of halogens is 2. The van der Waals surface area contributed by atoms with Crippen LogP contribution in [0.1, 0.15) is 24.3 Å². The Morgan fingerprint density at radius 1 is 0.953 bits per heavy atom. The van der Waals surface area contributed by atoms with E-state index in [2.05, 4.69) is 0 Å². The zero-order chi connectivity index (χ0) is 30.6. The number of fused-ring (bicyclic) bond motifs is 5. The van der Waals surface area contributed by atoms with Crippen molar-refractivity contribution >= 4 is 69.0 Å². The van der Waals surface area contributed by atoms with Gasteiger partial charge in [0.05, 0.1) is 22.4 Å². The molecule has 10 nitrogen and oxygen atoms in total. The summed E-state index contributed by atoms with van der Waals surface area (Å²) in [5, 5.41) is 24.1. The third-order valence-corrected chi connectivity index (χ3v) is 11.0. The van der Waals surface area contributed by atoms with Crippen molar-refractivity contribution in [2.45, 2.75) is 28.5 Å². The molecule has 0 spiro atoms. The molecule has 3 fully saturated rings. The van der Waals surface area contributed by atoms with Crippen molar-refractivity contribution in [1.82, 2.24) is 4.90 Å².